The molecule has 0 saturated carbocycles. The van der Waals surface area contributed by atoms with Gasteiger partial charge in [0.05, 0.1) is 27.2 Å². The number of Topliss-reactive ketones (excluding diaryl/α,β-unsaturated/α-hetero) is 1. The average Bonchev–Trinajstić information content (AvgIpc) is 3.37. The van der Waals surface area contributed by atoms with Crippen LogP contribution in [0.2, 0.25) is 0 Å². The van der Waals surface area contributed by atoms with Gasteiger partial charge in [0.15, 0.2) is 5.76 Å². The fourth-order valence-corrected chi connectivity index (χ4v) is 5.35. The van der Waals surface area contributed by atoms with E-state index in [9.17, 15) is 14.7 Å². The first kappa shape index (κ1) is 22.3. The molecule has 7 nitrogen and oxygen atoms in total. The van der Waals surface area contributed by atoms with E-state index in [4.69, 9.17) is 0 Å². The van der Waals surface area contributed by atoms with Gasteiger partial charge in [0.1, 0.15) is 5.01 Å². The quantitative estimate of drug-likeness (QED) is 0.541. The van der Waals surface area contributed by atoms with Gasteiger partial charge in [0.2, 0.25) is 10.9 Å². The second-order valence-corrected chi connectivity index (χ2v) is 11.2. The molecule has 3 heterocycles. The molecule has 1 aromatic carbocycles. The molecule has 1 atom stereocenters. The van der Waals surface area contributed by atoms with E-state index in [-0.39, 0.29) is 11.0 Å². The first-order chi connectivity index (χ1) is 15.0. The summed E-state index contributed by atoms with van der Waals surface area (Å²) in [4.78, 5) is 32.8. The summed E-state index contributed by atoms with van der Waals surface area (Å²) in [6, 6.07) is 6.97. The lowest BCUT2D eigenvalue weighted by Crippen LogP contribution is -2.31. The van der Waals surface area contributed by atoms with Crippen molar-refractivity contribution >= 4 is 39.5 Å². The second-order valence-electron chi connectivity index (χ2n) is 8.79. The first-order valence-corrected chi connectivity index (χ1v) is 11.8. The number of carbonyl (C=O) groups excluding carboxylic acids is 2. The molecule has 4 rings (SSSR count). The molecule has 1 aliphatic heterocycles. The first-order valence-electron chi connectivity index (χ1n) is 10.1. The van der Waals surface area contributed by atoms with Crippen molar-refractivity contribution in [3.8, 4) is 0 Å². The van der Waals surface area contributed by atoms with Crippen LogP contribution in [-0.2, 0) is 10.2 Å². The Kier molecular flexibility index (Phi) is 5.50. The maximum absolute atomic E-state index is 13.6. The number of aliphatic hydroxyl groups excluding tert-OH is 1. The number of aliphatic hydroxyl groups is 1. The van der Waals surface area contributed by atoms with E-state index in [2.05, 4.69) is 36.0 Å². The molecule has 1 unspecified atom stereocenters. The number of aryl methyl sites for hydroxylation is 3. The number of ketones is 1. The minimum Gasteiger partial charge on any atom is -0.503 e. The summed E-state index contributed by atoms with van der Waals surface area (Å²) in [5.41, 5.74) is 2.41. The van der Waals surface area contributed by atoms with E-state index in [0.29, 0.717) is 26.3 Å². The zero-order valence-electron chi connectivity index (χ0n) is 18.8. The molecule has 0 aliphatic carbocycles. The second kappa shape index (κ2) is 7.90. The van der Waals surface area contributed by atoms with Crippen molar-refractivity contribution in [3.05, 3.63) is 67.3 Å². The van der Waals surface area contributed by atoms with Crippen LogP contribution >= 0.6 is 22.7 Å². The highest BCUT2D eigenvalue weighted by molar-refractivity contribution is 7.15. The number of carbonyl (C=O) groups is 2. The van der Waals surface area contributed by atoms with Gasteiger partial charge in [0, 0.05) is 0 Å². The van der Waals surface area contributed by atoms with Crippen LogP contribution in [0.3, 0.4) is 0 Å². The molecule has 3 aromatic rings. The molecular formula is C23H24N4O3S2. The van der Waals surface area contributed by atoms with E-state index in [1.165, 1.54) is 27.6 Å². The smallest absolute Gasteiger partial charge is 0.296 e. The predicted molar refractivity (Wildman–Crippen MR) is 126 cm³/mol. The molecule has 32 heavy (non-hydrogen) atoms. The number of nitrogens with zero attached hydrogens (tertiary/aromatic N) is 4. The third kappa shape index (κ3) is 3.75. The van der Waals surface area contributed by atoms with Crippen LogP contribution < -0.4 is 4.90 Å². The molecule has 0 saturated heterocycles. The third-order valence-electron chi connectivity index (χ3n) is 5.38. The number of benzene rings is 1. The van der Waals surface area contributed by atoms with E-state index < -0.39 is 23.5 Å². The summed E-state index contributed by atoms with van der Waals surface area (Å²) in [6.45, 7) is 11.7. The van der Waals surface area contributed by atoms with Gasteiger partial charge < -0.3 is 5.11 Å². The van der Waals surface area contributed by atoms with Crippen molar-refractivity contribution in [1.82, 2.24) is 15.2 Å². The number of hydrogen-bond donors (Lipinski definition) is 1. The Morgan fingerprint density at radius 2 is 1.69 bits per heavy atom. The normalized spacial score (nSPS) is 16.9. The lowest BCUT2D eigenvalue weighted by molar-refractivity contribution is -0.117. The molecular weight excluding hydrogens is 444 g/mol. The van der Waals surface area contributed by atoms with Crippen LogP contribution in [0, 0.1) is 20.8 Å². The lowest BCUT2D eigenvalue weighted by Gasteiger charge is -2.25. The van der Waals surface area contributed by atoms with E-state index >= 15 is 0 Å². The molecule has 2 aromatic heterocycles. The van der Waals surface area contributed by atoms with Gasteiger partial charge in [0.25, 0.3) is 5.91 Å². The minimum absolute atomic E-state index is 0.0399. The van der Waals surface area contributed by atoms with Gasteiger partial charge in [-0.25, -0.2) is 4.98 Å². The van der Waals surface area contributed by atoms with Crippen molar-refractivity contribution in [2.24, 2.45) is 0 Å². The van der Waals surface area contributed by atoms with Crippen molar-refractivity contribution in [2.75, 3.05) is 4.90 Å². The molecule has 166 valence electrons. The summed E-state index contributed by atoms with van der Waals surface area (Å²) in [5.74, 6) is -1.61. The number of anilines is 1. The fraction of sp³-hybridized carbons (Fsp3) is 0.348. The van der Waals surface area contributed by atoms with Crippen LogP contribution in [0.25, 0.3) is 0 Å². The van der Waals surface area contributed by atoms with E-state index in [1.54, 1.807) is 13.8 Å². The molecule has 1 N–H and O–H groups in total. The zero-order chi connectivity index (χ0) is 23.4. The van der Waals surface area contributed by atoms with Crippen LogP contribution in [0.1, 0.15) is 63.3 Å². The average molecular weight is 469 g/mol. The van der Waals surface area contributed by atoms with Gasteiger partial charge in [-0.1, -0.05) is 56.4 Å². The molecule has 0 spiro atoms. The highest BCUT2D eigenvalue weighted by Crippen LogP contribution is 2.43. The summed E-state index contributed by atoms with van der Waals surface area (Å²) >= 11 is 2.49. The predicted octanol–water partition coefficient (Wildman–Crippen LogP) is 5.00. The number of thiazole rings is 1. The molecule has 0 bridgehead atoms. The van der Waals surface area contributed by atoms with Gasteiger partial charge in [-0.3, -0.25) is 14.5 Å². The van der Waals surface area contributed by atoms with Gasteiger partial charge in [-0.2, -0.15) is 0 Å². The minimum atomic E-state index is -0.807. The van der Waals surface area contributed by atoms with Crippen molar-refractivity contribution in [3.63, 3.8) is 0 Å². The maximum atomic E-state index is 13.6. The third-order valence-corrected chi connectivity index (χ3v) is 7.29. The van der Waals surface area contributed by atoms with Crippen molar-refractivity contribution in [2.45, 2.75) is 53.0 Å². The number of hydrogen-bond acceptors (Lipinski definition) is 8. The molecule has 0 fully saturated rings. The highest BCUT2D eigenvalue weighted by atomic mass is 32.1. The Balaban J connectivity index is 1.87. The fourth-order valence-electron chi connectivity index (χ4n) is 3.76. The maximum Gasteiger partial charge on any atom is 0.296 e. The number of amides is 1. The Bertz CT molecular complexity index is 1250. The van der Waals surface area contributed by atoms with Crippen molar-refractivity contribution in [1.29, 1.82) is 0 Å². The van der Waals surface area contributed by atoms with Gasteiger partial charge in [-0.05, 0) is 37.3 Å². The topological polar surface area (TPSA) is 96.3 Å². The number of aromatic nitrogens is 3. The monoisotopic (exact) mass is 468 g/mol. The van der Waals surface area contributed by atoms with Gasteiger partial charge >= 0.3 is 0 Å². The SMILES string of the molecule is Cc1nnc(N2C(=O)C(O)=C(C(=O)c3sc(C)nc3C)C2c2ccc(C(C)(C)C)cc2)s1. The van der Waals surface area contributed by atoms with E-state index in [0.717, 1.165) is 10.6 Å². The zero-order valence-corrected chi connectivity index (χ0v) is 20.4. The molecule has 9 heteroatoms. The Morgan fingerprint density at radius 3 is 2.19 bits per heavy atom. The lowest BCUT2D eigenvalue weighted by atomic mass is 9.85. The number of rotatable bonds is 4. The summed E-state index contributed by atoms with van der Waals surface area (Å²) in [5, 5.41) is 20.8. The van der Waals surface area contributed by atoms with Crippen LogP contribution in [0.5, 0.6) is 0 Å². The largest absolute Gasteiger partial charge is 0.503 e. The van der Waals surface area contributed by atoms with Crippen LogP contribution in [0.15, 0.2) is 35.6 Å². The summed E-state index contributed by atoms with van der Waals surface area (Å²) in [7, 11) is 0. The summed E-state index contributed by atoms with van der Waals surface area (Å²) < 4.78 is 0. The Labute approximate surface area is 194 Å². The van der Waals surface area contributed by atoms with Crippen LogP contribution in [-0.4, -0.2) is 32.0 Å². The van der Waals surface area contributed by atoms with Crippen molar-refractivity contribution < 1.29 is 14.7 Å². The highest BCUT2D eigenvalue weighted by Gasteiger charge is 2.46. The van der Waals surface area contributed by atoms with E-state index in [1.807, 2.05) is 31.2 Å². The standard InChI is InChI=1S/C23H24N4O3S2/c1-11-20(31-12(2)24-11)18(28)16-17(14-7-9-15(10-8-14)23(4,5)6)27(21(30)19(16)29)22-26-25-13(3)32-22/h7-10,17,29H,1-6H3. The van der Waals surface area contributed by atoms with Gasteiger partial charge in [-0.15, -0.1) is 21.5 Å². The molecule has 1 aliphatic rings. The Hall–Kier alpha value is -2.91. The van der Waals surface area contributed by atoms with Crippen LogP contribution in [0.4, 0.5) is 5.13 Å². The molecule has 0 radical (unpaired) electrons. The molecule has 1 amide bonds. The Morgan fingerprint density at radius 1 is 1.03 bits per heavy atom. The summed E-state index contributed by atoms with van der Waals surface area (Å²) in [6.07, 6.45) is 0.